The number of hydrogen-bond donors (Lipinski definition) is 1. The summed E-state index contributed by atoms with van der Waals surface area (Å²) < 4.78 is 5.75. The summed E-state index contributed by atoms with van der Waals surface area (Å²) >= 11 is 0. The van der Waals surface area contributed by atoms with E-state index < -0.39 is 0 Å². The van der Waals surface area contributed by atoms with Gasteiger partial charge in [0.05, 0.1) is 18.2 Å². The average Bonchev–Trinajstić information content (AvgIpc) is 2.81. The Kier molecular flexibility index (Phi) is 1.87. The Bertz CT molecular complexity index is 316. The van der Waals surface area contributed by atoms with Crippen molar-refractivity contribution in [1.29, 1.82) is 0 Å². The molecule has 0 amide bonds. The lowest BCUT2D eigenvalue weighted by Crippen LogP contribution is -2.30. The van der Waals surface area contributed by atoms with Crippen LogP contribution in [-0.2, 0) is 4.74 Å². The van der Waals surface area contributed by atoms with Gasteiger partial charge in [0.2, 0.25) is 0 Å². The zero-order valence-corrected chi connectivity index (χ0v) is 7.89. The normalized spacial score (nSPS) is 34.7. The first-order chi connectivity index (χ1) is 6.92. The van der Waals surface area contributed by atoms with Gasteiger partial charge in [-0.25, -0.2) is 0 Å². The van der Waals surface area contributed by atoms with E-state index in [0.717, 1.165) is 12.2 Å². The van der Waals surface area contributed by atoms with Crippen LogP contribution in [0.5, 0.6) is 0 Å². The van der Waals surface area contributed by atoms with Crippen molar-refractivity contribution in [3.8, 4) is 0 Å². The van der Waals surface area contributed by atoms with Gasteiger partial charge in [-0.3, -0.25) is 0 Å². The van der Waals surface area contributed by atoms with Gasteiger partial charge in [-0.05, 0) is 31.4 Å². The van der Waals surface area contributed by atoms with E-state index >= 15 is 0 Å². The van der Waals surface area contributed by atoms with Gasteiger partial charge in [0.25, 0.3) is 0 Å². The van der Waals surface area contributed by atoms with Gasteiger partial charge in [0.15, 0.2) is 0 Å². The second kappa shape index (κ2) is 3.20. The summed E-state index contributed by atoms with van der Waals surface area (Å²) in [5.41, 5.74) is 0. The Morgan fingerprint density at radius 1 is 1.43 bits per heavy atom. The smallest absolute Gasteiger partial charge is 0.148 e. The molecule has 1 aromatic rings. The van der Waals surface area contributed by atoms with Crippen LogP contribution in [0.15, 0.2) is 18.3 Å². The molecule has 0 radical (unpaired) electrons. The highest BCUT2D eigenvalue weighted by atomic mass is 16.5. The Hall–Kier alpha value is -1.16. The molecular weight excluding hydrogens is 178 g/mol. The summed E-state index contributed by atoms with van der Waals surface area (Å²) in [6, 6.07) is 4.27. The van der Waals surface area contributed by atoms with Gasteiger partial charge in [-0.15, -0.1) is 5.10 Å². The molecule has 2 bridgehead atoms. The van der Waals surface area contributed by atoms with Crippen molar-refractivity contribution in [2.75, 3.05) is 5.32 Å². The molecule has 0 spiro atoms. The SMILES string of the molecule is c1cnnc(NC2CC3CCC2O3)c1. The van der Waals surface area contributed by atoms with Crippen LogP contribution in [-0.4, -0.2) is 28.4 Å². The first kappa shape index (κ1) is 8.17. The maximum absolute atomic E-state index is 5.75. The fraction of sp³-hybridized carbons (Fsp3) is 0.600. The number of nitrogens with zero attached hydrogens (tertiary/aromatic N) is 2. The van der Waals surface area contributed by atoms with Crippen LogP contribution in [0.3, 0.4) is 0 Å². The Balaban J connectivity index is 1.69. The maximum atomic E-state index is 5.75. The first-order valence-electron chi connectivity index (χ1n) is 5.11. The molecule has 4 nitrogen and oxygen atoms in total. The zero-order valence-electron chi connectivity index (χ0n) is 7.89. The fourth-order valence-corrected chi connectivity index (χ4v) is 2.36. The highest BCUT2D eigenvalue weighted by Gasteiger charge is 2.40. The second-order valence-corrected chi connectivity index (χ2v) is 3.97. The summed E-state index contributed by atoms with van der Waals surface area (Å²) in [5, 5.41) is 11.2. The summed E-state index contributed by atoms with van der Waals surface area (Å²) in [7, 11) is 0. The summed E-state index contributed by atoms with van der Waals surface area (Å²) in [6.45, 7) is 0. The molecule has 0 aromatic carbocycles. The number of fused-ring (bicyclic) bond motifs is 2. The number of aromatic nitrogens is 2. The van der Waals surface area contributed by atoms with Gasteiger partial charge in [-0.2, -0.15) is 5.10 Å². The van der Waals surface area contributed by atoms with E-state index in [-0.39, 0.29) is 0 Å². The minimum absolute atomic E-state index is 0.391. The molecule has 2 saturated heterocycles. The number of hydrogen-bond acceptors (Lipinski definition) is 4. The number of nitrogens with one attached hydrogen (secondary N) is 1. The third kappa shape index (κ3) is 1.35. The van der Waals surface area contributed by atoms with E-state index in [0.29, 0.717) is 18.2 Å². The Morgan fingerprint density at radius 2 is 2.43 bits per heavy atom. The number of anilines is 1. The summed E-state index contributed by atoms with van der Waals surface area (Å²) in [4.78, 5) is 0. The van der Waals surface area contributed by atoms with E-state index in [4.69, 9.17) is 4.74 Å². The predicted molar refractivity (Wildman–Crippen MR) is 52.0 cm³/mol. The van der Waals surface area contributed by atoms with E-state index in [1.54, 1.807) is 6.20 Å². The molecule has 3 heterocycles. The predicted octanol–water partition coefficient (Wildman–Crippen LogP) is 1.21. The van der Waals surface area contributed by atoms with Crippen LogP contribution >= 0.6 is 0 Å². The van der Waals surface area contributed by atoms with Crippen LogP contribution in [0, 0.1) is 0 Å². The highest BCUT2D eigenvalue weighted by molar-refractivity contribution is 5.34. The van der Waals surface area contributed by atoms with Crippen molar-refractivity contribution in [2.45, 2.75) is 37.5 Å². The van der Waals surface area contributed by atoms with Gasteiger partial charge >= 0.3 is 0 Å². The van der Waals surface area contributed by atoms with Crippen molar-refractivity contribution in [3.63, 3.8) is 0 Å². The van der Waals surface area contributed by atoms with Crippen LogP contribution in [0.25, 0.3) is 0 Å². The highest BCUT2D eigenvalue weighted by Crippen LogP contribution is 2.35. The molecule has 3 atom stereocenters. The second-order valence-electron chi connectivity index (χ2n) is 3.97. The minimum atomic E-state index is 0.391. The molecule has 2 fully saturated rings. The summed E-state index contributed by atoms with van der Waals surface area (Å²) in [5.74, 6) is 0.855. The van der Waals surface area contributed by atoms with Crippen LogP contribution in [0.2, 0.25) is 0 Å². The average molecular weight is 191 g/mol. The lowest BCUT2D eigenvalue weighted by atomic mass is 9.95. The molecular formula is C10H13N3O. The quantitative estimate of drug-likeness (QED) is 0.763. The fourth-order valence-electron chi connectivity index (χ4n) is 2.36. The molecule has 2 aliphatic heterocycles. The monoisotopic (exact) mass is 191 g/mol. The van der Waals surface area contributed by atoms with Crippen molar-refractivity contribution >= 4 is 5.82 Å². The molecule has 0 saturated carbocycles. The molecule has 1 aromatic heterocycles. The van der Waals surface area contributed by atoms with Crippen LogP contribution < -0.4 is 5.32 Å². The third-order valence-electron chi connectivity index (χ3n) is 3.01. The topological polar surface area (TPSA) is 47.0 Å². The molecule has 4 heteroatoms. The van der Waals surface area contributed by atoms with E-state index in [1.165, 1.54) is 12.8 Å². The lowest BCUT2D eigenvalue weighted by molar-refractivity contribution is 0.102. The Labute approximate surface area is 82.7 Å². The zero-order chi connectivity index (χ0) is 9.38. The molecule has 3 unspecified atom stereocenters. The van der Waals surface area contributed by atoms with Crippen molar-refractivity contribution < 1.29 is 4.74 Å². The van der Waals surface area contributed by atoms with Gasteiger partial charge in [0.1, 0.15) is 5.82 Å². The minimum Gasteiger partial charge on any atom is -0.373 e. The van der Waals surface area contributed by atoms with E-state index in [2.05, 4.69) is 15.5 Å². The lowest BCUT2D eigenvalue weighted by Gasteiger charge is -2.19. The molecule has 1 N–H and O–H groups in total. The van der Waals surface area contributed by atoms with E-state index in [1.807, 2.05) is 12.1 Å². The van der Waals surface area contributed by atoms with Crippen molar-refractivity contribution in [3.05, 3.63) is 18.3 Å². The van der Waals surface area contributed by atoms with Crippen molar-refractivity contribution in [1.82, 2.24) is 10.2 Å². The molecule has 74 valence electrons. The largest absolute Gasteiger partial charge is 0.373 e. The molecule has 0 aliphatic carbocycles. The standard InChI is InChI=1S/C10H13N3O/c1-2-10(13-11-5-1)12-8-6-7-3-4-9(8)14-7/h1-2,5,7-9H,3-4,6H2,(H,12,13). The van der Waals surface area contributed by atoms with Gasteiger partial charge < -0.3 is 10.1 Å². The molecule has 3 rings (SSSR count). The van der Waals surface area contributed by atoms with Crippen LogP contribution in [0.4, 0.5) is 5.82 Å². The van der Waals surface area contributed by atoms with Crippen molar-refractivity contribution in [2.24, 2.45) is 0 Å². The maximum Gasteiger partial charge on any atom is 0.148 e. The van der Waals surface area contributed by atoms with E-state index in [9.17, 15) is 0 Å². The first-order valence-corrected chi connectivity index (χ1v) is 5.11. The van der Waals surface area contributed by atoms with Gasteiger partial charge in [0, 0.05) is 6.20 Å². The summed E-state index contributed by atoms with van der Waals surface area (Å²) in [6.07, 6.45) is 6.08. The molecule has 2 aliphatic rings. The number of ether oxygens (including phenoxy) is 1. The third-order valence-corrected chi connectivity index (χ3v) is 3.01. The molecule has 14 heavy (non-hydrogen) atoms. The Morgan fingerprint density at radius 3 is 3.07 bits per heavy atom. The van der Waals surface area contributed by atoms with Crippen LogP contribution in [0.1, 0.15) is 19.3 Å². The number of rotatable bonds is 2. The van der Waals surface area contributed by atoms with Gasteiger partial charge in [-0.1, -0.05) is 0 Å².